The summed E-state index contributed by atoms with van der Waals surface area (Å²) in [7, 11) is 1.90. The number of fused-ring (bicyclic) bond motifs is 1. The van der Waals surface area contributed by atoms with E-state index >= 15 is 0 Å². The number of hydrogen-bond donors (Lipinski definition) is 3. The zero-order valence-electron chi connectivity index (χ0n) is 15.3. The number of halogens is 3. The average Bonchev–Trinajstić information content (AvgIpc) is 3.01. The molecule has 0 fully saturated rings. The van der Waals surface area contributed by atoms with Gasteiger partial charge in [0.25, 0.3) is 0 Å². The normalized spacial score (nSPS) is 11.9. The fraction of sp³-hybridized carbons (Fsp3) is 0.100. The van der Waals surface area contributed by atoms with E-state index in [1.165, 1.54) is 6.20 Å². The monoisotopic (exact) mass is 398 g/mol. The van der Waals surface area contributed by atoms with Crippen LogP contribution in [-0.2, 0) is 13.2 Å². The van der Waals surface area contributed by atoms with Crippen molar-refractivity contribution in [2.75, 3.05) is 17.2 Å². The van der Waals surface area contributed by atoms with E-state index in [0.29, 0.717) is 5.69 Å². The molecule has 4 rings (SSSR count). The molecule has 0 saturated heterocycles. The van der Waals surface area contributed by atoms with Crippen molar-refractivity contribution in [1.29, 1.82) is 0 Å². The summed E-state index contributed by atoms with van der Waals surface area (Å²) in [6, 6.07) is 10.1. The van der Waals surface area contributed by atoms with Gasteiger partial charge in [-0.1, -0.05) is 18.2 Å². The first-order valence-corrected chi connectivity index (χ1v) is 8.61. The van der Waals surface area contributed by atoms with Crippen LogP contribution < -0.4 is 17.2 Å². The van der Waals surface area contributed by atoms with Gasteiger partial charge in [-0.2, -0.15) is 13.2 Å². The first-order valence-electron chi connectivity index (χ1n) is 8.61. The van der Waals surface area contributed by atoms with E-state index in [1.54, 1.807) is 6.07 Å². The number of nitrogens with two attached hydrogens (primary N) is 3. The third-order valence-corrected chi connectivity index (χ3v) is 4.80. The molecule has 0 amide bonds. The molecule has 2 heterocycles. The van der Waals surface area contributed by atoms with Crippen molar-refractivity contribution in [3.63, 3.8) is 0 Å². The lowest BCUT2D eigenvalue weighted by Crippen LogP contribution is -2.13. The van der Waals surface area contributed by atoms with Gasteiger partial charge in [0, 0.05) is 35.9 Å². The molecular formula is C20H17F3N6. The lowest BCUT2D eigenvalue weighted by atomic mass is 10.0. The second-order valence-electron chi connectivity index (χ2n) is 6.65. The highest BCUT2D eigenvalue weighted by molar-refractivity contribution is 5.96. The van der Waals surface area contributed by atoms with Crippen LogP contribution in [0, 0.1) is 0 Å². The largest absolute Gasteiger partial charge is 0.418 e. The second kappa shape index (κ2) is 6.40. The van der Waals surface area contributed by atoms with Crippen molar-refractivity contribution in [3.8, 4) is 22.6 Å². The van der Waals surface area contributed by atoms with Crippen LogP contribution in [0.2, 0.25) is 0 Å². The van der Waals surface area contributed by atoms with Crippen LogP contribution in [0.4, 0.5) is 30.2 Å². The van der Waals surface area contributed by atoms with Gasteiger partial charge in [-0.3, -0.25) is 0 Å². The van der Waals surface area contributed by atoms with Crippen LogP contribution in [0.1, 0.15) is 5.56 Å². The first kappa shape index (κ1) is 18.6. The molecular weight excluding hydrogens is 381 g/mol. The van der Waals surface area contributed by atoms with Gasteiger partial charge in [0.15, 0.2) is 5.82 Å². The maximum atomic E-state index is 13.4. The molecule has 148 valence electrons. The highest BCUT2D eigenvalue weighted by atomic mass is 19.4. The number of anilines is 3. The summed E-state index contributed by atoms with van der Waals surface area (Å²) >= 11 is 0. The molecule has 2 aromatic heterocycles. The Bertz CT molecular complexity index is 1240. The Balaban J connectivity index is 1.94. The third-order valence-electron chi connectivity index (χ3n) is 4.80. The summed E-state index contributed by atoms with van der Waals surface area (Å²) in [6.45, 7) is 0. The number of rotatable bonds is 2. The molecule has 4 aromatic rings. The van der Waals surface area contributed by atoms with Gasteiger partial charge in [-0.25, -0.2) is 9.97 Å². The number of aryl methyl sites for hydroxylation is 1. The van der Waals surface area contributed by atoms with Crippen LogP contribution in [0.15, 0.2) is 48.8 Å². The molecule has 0 aliphatic heterocycles. The van der Waals surface area contributed by atoms with Gasteiger partial charge in [-0.15, -0.1) is 0 Å². The van der Waals surface area contributed by atoms with Crippen LogP contribution >= 0.6 is 0 Å². The van der Waals surface area contributed by atoms with Crippen molar-refractivity contribution in [3.05, 3.63) is 54.4 Å². The van der Waals surface area contributed by atoms with Crippen LogP contribution in [0.5, 0.6) is 0 Å². The Morgan fingerprint density at radius 1 is 1.00 bits per heavy atom. The molecule has 0 bridgehead atoms. The van der Waals surface area contributed by atoms with Crippen LogP contribution in [0.25, 0.3) is 33.5 Å². The number of benzene rings is 2. The van der Waals surface area contributed by atoms with E-state index in [0.717, 1.165) is 22.5 Å². The Kier molecular flexibility index (Phi) is 4.11. The van der Waals surface area contributed by atoms with Crippen LogP contribution in [-0.4, -0.2) is 14.5 Å². The van der Waals surface area contributed by atoms with Crippen molar-refractivity contribution in [2.24, 2.45) is 7.05 Å². The number of hydrogen-bond acceptors (Lipinski definition) is 5. The number of para-hydroxylation sites is 1. The molecule has 0 saturated carbocycles. The standard InChI is InChI=1S/C20H17F3N6/c1-29-9-11(10-4-2-3-5-15(10)29)14-6-7-27-19(28-14)16-17(25)12(20(21,22)23)8-13(24)18(16)26/h2-9H,24-26H2,1H3. The minimum absolute atomic E-state index is 0.0248. The highest BCUT2D eigenvalue weighted by Gasteiger charge is 2.36. The van der Waals surface area contributed by atoms with Gasteiger partial charge in [0.05, 0.1) is 33.9 Å². The molecule has 9 heteroatoms. The van der Waals surface area contributed by atoms with E-state index in [-0.39, 0.29) is 22.8 Å². The zero-order chi connectivity index (χ0) is 20.9. The van der Waals surface area contributed by atoms with Crippen molar-refractivity contribution >= 4 is 28.0 Å². The molecule has 2 aromatic carbocycles. The summed E-state index contributed by atoms with van der Waals surface area (Å²) in [5, 5.41) is 0.948. The summed E-state index contributed by atoms with van der Waals surface area (Å²) < 4.78 is 42.0. The molecule has 0 unspecified atom stereocenters. The van der Waals surface area contributed by atoms with Gasteiger partial charge in [0.2, 0.25) is 0 Å². The molecule has 0 radical (unpaired) electrons. The second-order valence-corrected chi connectivity index (χ2v) is 6.65. The number of alkyl halides is 3. The fourth-order valence-corrected chi connectivity index (χ4v) is 3.39. The summed E-state index contributed by atoms with van der Waals surface area (Å²) in [5.41, 5.74) is 17.7. The molecule has 0 aliphatic carbocycles. The molecule has 6 nitrogen and oxygen atoms in total. The van der Waals surface area contributed by atoms with Crippen molar-refractivity contribution in [1.82, 2.24) is 14.5 Å². The van der Waals surface area contributed by atoms with Crippen molar-refractivity contribution < 1.29 is 13.2 Å². The third kappa shape index (κ3) is 3.00. The first-order chi connectivity index (χ1) is 13.7. The minimum Gasteiger partial charge on any atom is -0.398 e. The quantitative estimate of drug-likeness (QED) is 0.441. The summed E-state index contributed by atoms with van der Waals surface area (Å²) in [4.78, 5) is 8.56. The number of aromatic nitrogens is 3. The Morgan fingerprint density at radius 3 is 2.45 bits per heavy atom. The topological polar surface area (TPSA) is 109 Å². The van der Waals surface area contributed by atoms with Gasteiger partial charge in [0.1, 0.15) is 0 Å². The molecule has 6 N–H and O–H groups in total. The van der Waals surface area contributed by atoms with E-state index in [2.05, 4.69) is 9.97 Å². The minimum atomic E-state index is -4.69. The van der Waals surface area contributed by atoms with E-state index in [9.17, 15) is 13.2 Å². The Morgan fingerprint density at radius 2 is 1.72 bits per heavy atom. The SMILES string of the molecule is Cn1cc(-c2ccnc(-c3c(N)c(N)cc(C(F)(F)F)c3N)n2)c2ccccc21. The Hall–Kier alpha value is -3.75. The predicted molar refractivity (Wildman–Crippen MR) is 108 cm³/mol. The number of nitrogens with zero attached hydrogens (tertiary/aromatic N) is 3. The average molecular weight is 398 g/mol. The summed E-state index contributed by atoms with van der Waals surface area (Å²) in [5.74, 6) is -0.0248. The zero-order valence-corrected chi connectivity index (χ0v) is 15.3. The Labute approximate surface area is 163 Å². The molecule has 29 heavy (non-hydrogen) atoms. The lowest BCUT2D eigenvalue weighted by molar-refractivity contribution is -0.136. The van der Waals surface area contributed by atoms with E-state index in [1.807, 2.05) is 42.1 Å². The van der Waals surface area contributed by atoms with E-state index < -0.39 is 17.4 Å². The maximum absolute atomic E-state index is 13.4. The fourth-order valence-electron chi connectivity index (χ4n) is 3.39. The van der Waals surface area contributed by atoms with Gasteiger partial charge in [-0.05, 0) is 18.2 Å². The predicted octanol–water partition coefficient (Wildman–Crippen LogP) is 4.07. The number of nitrogen functional groups attached to an aromatic ring is 3. The maximum Gasteiger partial charge on any atom is 0.418 e. The summed E-state index contributed by atoms with van der Waals surface area (Å²) in [6.07, 6.45) is -1.34. The van der Waals surface area contributed by atoms with Crippen molar-refractivity contribution in [2.45, 2.75) is 6.18 Å². The van der Waals surface area contributed by atoms with Gasteiger partial charge >= 0.3 is 6.18 Å². The lowest BCUT2D eigenvalue weighted by Gasteiger charge is -2.17. The van der Waals surface area contributed by atoms with E-state index in [4.69, 9.17) is 17.2 Å². The molecule has 0 atom stereocenters. The molecule has 0 aliphatic rings. The van der Waals surface area contributed by atoms with Gasteiger partial charge < -0.3 is 21.8 Å². The molecule has 0 spiro atoms. The highest BCUT2D eigenvalue weighted by Crippen LogP contribution is 2.43. The smallest absolute Gasteiger partial charge is 0.398 e. The van der Waals surface area contributed by atoms with Crippen LogP contribution in [0.3, 0.4) is 0 Å².